The van der Waals surface area contributed by atoms with Crippen LogP contribution in [0, 0.1) is 13.8 Å². The van der Waals surface area contributed by atoms with Crippen molar-refractivity contribution in [3.05, 3.63) is 216 Å². The molecule has 7 heteroatoms. The summed E-state index contributed by atoms with van der Waals surface area (Å²) < 4.78 is 7.22. The number of aryl methyl sites for hydroxylation is 2. The van der Waals surface area contributed by atoms with Crippen molar-refractivity contribution in [3.63, 3.8) is 0 Å². The minimum Gasteiger partial charge on any atom is -0.455 e. The van der Waals surface area contributed by atoms with Crippen LogP contribution in [0.2, 0.25) is 0 Å². The standard InChI is InChI=1S/C59H44N6O/c1-37-27-31-41(32-28-37)55-60-53(39-15-7-5-8-16-39)62-57(64-55)45-21-11-19-43(35-45)47-23-13-25-49-51(47)66-52-48(24-14-26-50(52)59(49,3)4)44-20-12-22-46(36-44)58-63-54(40-17-9-6-10-18-40)61-56(65-58)42-33-29-38(2)30-34-42/h5-36H,1-4H3. The van der Waals surface area contributed by atoms with Gasteiger partial charge in [0.1, 0.15) is 11.5 Å². The van der Waals surface area contributed by atoms with Crippen LogP contribution in [0.4, 0.5) is 0 Å². The Hall–Kier alpha value is -8.42. The number of hydrogen-bond acceptors (Lipinski definition) is 7. The third-order valence-electron chi connectivity index (χ3n) is 12.4. The summed E-state index contributed by atoms with van der Waals surface area (Å²) in [7, 11) is 0. The zero-order valence-electron chi connectivity index (χ0n) is 37.1. The Labute approximate surface area is 384 Å². The highest BCUT2D eigenvalue weighted by Gasteiger charge is 2.37. The van der Waals surface area contributed by atoms with E-state index in [1.165, 1.54) is 11.1 Å². The Morgan fingerprint density at radius 1 is 0.303 bits per heavy atom. The van der Waals surface area contributed by atoms with Crippen molar-refractivity contribution in [1.29, 1.82) is 0 Å². The van der Waals surface area contributed by atoms with Gasteiger partial charge in [-0.15, -0.1) is 0 Å². The van der Waals surface area contributed by atoms with E-state index in [2.05, 4.69) is 161 Å². The Kier molecular flexibility index (Phi) is 10.2. The summed E-state index contributed by atoms with van der Waals surface area (Å²) in [6.07, 6.45) is 0. The summed E-state index contributed by atoms with van der Waals surface area (Å²) in [5.41, 5.74) is 13.6. The van der Waals surface area contributed by atoms with E-state index >= 15 is 0 Å². The molecule has 0 atom stereocenters. The molecule has 10 aromatic rings. The van der Waals surface area contributed by atoms with Crippen molar-refractivity contribution >= 4 is 0 Å². The van der Waals surface area contributed by atoms with E-state index in [1.807, 2.05) is 60.7 Å². The van der Waals surface area contributed by atoms with E-state index in [9.17, 15) is 0 Å². The lowest BCUT2D eigenvalue weighted by Gasteiger charge is -2.36. The van der Waals surface area contributed by atoms with Gasteiger partial charge in [-0.25, -0.2) is 29.9 Å². The first-order valence-electron chi connectivity index (χ1n) is 22.2. The molecule has 0 bridgehead atoms. The van der Waals surface area contributed by atoms with Crippen LogP contribution < -0.4 is 4.74 Å². The van der Waals surface area contributed by atoms with E-state index < -0.39 is 0 Å². The van der Waals surface area contributed by atoms with Crippen molar-refractivity contribution in [2.75, 3.05) is 0 Å². The minimum atomic E-state index is -0.381. The molecule has 0 saturated carbocycles. The molecule has 8 aromatic carbocycles. The number of para-hydroxylation sites is 2. The van der Waals surface area contributed by atoms with Gasteiger partial charge in [-0.1, -0.05) is 207 Å². The molecular weight excluding hydrogens is 809 g/mol. The van der Waals surface area contributed by atoms with E-state index in [4.69, 9.17) is 34.6 Å². The molecule has 0 N–H and O–H groups in total. The lowest BCUT2D eigenvalue weighted by molar-refractivity contribution is 0.421. The molecule has 0 amide bonds. The van der Waals surface area contributed by atoms with Gasteiger partial charge >= 0.3 is 0 Å². The molecule has 2 aromatic heterocycles. The number of nitrogens with zero attached hydrogens (tertiary/aromatic N) is 6. The number of fused-ring (bicyclic) bond motifs is 2. The van der Waals surface area contributed by atoms with Gasteiger partial charge in [-0.05, 0) is 37.1 Å². The minimum absolute atomic E-state index is 0.381. The van der Waals surface area contributed by atoms with Crippen molar-refractivity contribution in [3.8, 4) is 102 Å². The van der Waals surface area contributed by atoms with Gasteiger partial charge in [0, 0.05) is 61.0 Å². The Bertz CT molecular complexity index is 3200. The summed E-state index contributed by atoms with van der Waals surface area (Å²) in [6, 6.07) is 66.4. The lowest BCUT2D eigenvalue weighted by Crippen LogP contribution is -2.25. The summed E-state index contributed by atoms with van der Waals surface area (Å²) in [6.45, 7) is 8.71. The first-order valence-corrected chi connectivity index (χ1v) is 22.2. The van der Waals surface area contributed by atoms with Crippen LogP contribution in [0.15, 0.2) is 194 Å². The van der Waals surface area contributed by atoms with Gasteiger partial charge in [0.05, 0.1) is 0 Å². The highest BCUT2D eigenvalue weighted by Crippen LogP contribution is 2.54. The first kappa shape index (κ1) is 40.4. The summed E-state index contributed by atoms with van der Waals surface area (Å²) in [4.78, 5) is 30.1. The average molecular weight is 853 g/mol. The van der Waals surface area contributed by atoms with Gasteiger partial charge in [0.15, 0.2) is 34.9 Å². The molecule has 0 aliphatic carbocycles. The number of ether oxygens (including phenoxy) is 1. The van der Waals surface area contributed by atoms with Crippen molar-refractivity contribution in [1.82, 2.24) is 29.9 Å². The van der Waals surface area contributed by atoms with Crippen molar-refractivity contribution in [2.45, 2.75) is 33.1 Å². The fourth-order valence-electron chi connectivity index (χ4n) is 8.74. The highest BCUT2D eigenvalue weighted by atomic mass is 16.5. The van der Waals surface area contributed by atoms with E-state index in [-0.39, 0.29) is 5.41 Å². The second-order valence-corrected chi connectivity index (χ2v) is 17.3. The summed E-state index contributed by atoms with van der Waals surface area (Å²) in [5, 5.41) is 0. The van der Waals surface area contributed by atoms with Gasteiger partial charge in [0.25, 0.3) is 0 Å². The van der Waals surface area contributed by atoms with E-state index in [0.29, 0.717) is 34.9 Å². The first-order chi connectivity index (χ1) is 32.2. The molecule has 1 aliphatic rings. The van der Waals surface area contributed by atoms with Crippen molar-refractivity contribution < 1.29 is 4.74 Å². The topological polar surface area (TPSA) is 86.6 Å². The van der Waals surface area contributed by atoms with Crippen LogP contribution in [-0.4, -0.2) is 29.9 Å². The van der Waals surface area contributed by atoms with Crippen molar-refractivity contribution in [2.24, 2.45) is 0 Å². The third kappa shape index (κ3) is 7.60. The molecule has 0 unspecified atom stereocenters. The van der Waals surface area contributed by atoms with Gasteiger partial charge in [-0.2, -0.15) is 0 Å². The van der Waals surface area contributed by atoms with Gasteiger partial charge in [0.2, 0.25) is 0 Å². The largest absolute Gasteiger partial charge is 0.455 e. The number of hydrogen-bond donors (Lipinski definition) is 0. The van der Waals surface area contributed by atoms with Crippen LogP contribution in [0.5, 0.6) is 11.5 Å². The number of aromatic nitrogens is 6. The van der Waals surface area contributed by atoms with Crippen LogP contribution in [0.25, 0.3) is 90.6 Å². The highest BCUT2D eigenvalue weighted by molar-refractivity contribution is 5.83. The lowest BCUT2D eigenvalue weighted by atomic mass is 9.74. The van der Waals surface area contributed by atoms with Gasteiger partial charge in [-0.3, -0.25) is 0 Å². The van der Waals surface area contributed by atoms with E-state index in [0.717, 1.165) is 78.3 Å². The maximum atomic E-state index is 7.22. The molecule has 316 valence electrons. The maximum absolute atomic E-state index is 7.22. The zero-order chi connectivity index (χ0) is 44.8. The number of rotatable bonds is 8. The average Bonchev–Trinajstić information content (AvgIpc) is 3.37. The molecular formula is C59H44N6O. The quantitative estimate of drug-likeness (QED) is 0.150. The van der Waals surface area contributed by atoms with Crippen LogP contribution in [0.1, 0.15) is 36.1 Å². The van der Waals surface area contributed by atoms with Gasteiger partial charge < -0.3 is 4.74 Å². The molecule has 0 spiro atoms. The monoisotopic (exact) mass is 852 g/mol. The second kappa shape index (κ2) is 16.6. The molecule has 0 radical (unpaired) electrons. The fraction of sp³-hybridized carbons (Fsp3) is 0.0847. The molecule has 7 nitrogen and oxygen atoms in total. The normalized spacial score (nSPS) is 12.5. The Balaban J connectivity index is 0.993. The number of benzene rings is 8. The molecule has 1 aliphatic heterocycles. The predicted molar refractivity (Wildman–Crippen MR) is 265 cm³/mol. The molecule has 66 heavy (non-hydrogen) atoms. The molecule has 3 heterocycles. The zero-order valence-corrected chi connectivity index (χ0v) is 37.1. The SMILES string of the molecule is Cc1ccc(-c2nc(-c3ccccc3)nc(-c3cccc(-c4cccc5c4Oc4c(-c6cccc(-c7nc(-c8ccccc8)nc(-c8ccc(C)cc8)n7)c6)cccc4C5(C)C)c3)n2)cc1. The van der Waals surface area contributed by atoms with Crippen LogP contribution in [0.3, 0.4) is 0 Å². The van der Waals surface area contributed by atoms with E-state index in [1.54, 1.807) is 0 Å². The van der Waals surface area contributed by atoms with Crippen LogP contribution >= 0.6 is 0 Å². The Morgan fingerprint density at radius 2 is 0.606 bits per heavy atom. The Morgan fingerprint density at radius 3 is 0.985 bits per heavy atom. The molecule has 11 rings (SSSR count). The summed E-state index contributed by atoms with van der Waals surface area (Å²) >= 11 is 0. The fourth-order valence-corrected chi connectivity index (χ4v) is 8.74. The predicted octanol–water partition coefficient (Wildman–Crippen LogP) is 14.4. The van der Waals surface area contributed by atoms with Crippen LogP contribution in [-0.2, 0) is 5.41 Å². The molecule has 0 saturated heterocycles. The third-order valence-corrected chi connectivity index (χ3v) is 12.4. The second-order valence-electron chi connectivity index (χ2n) is 17.3. The maximum Gasteiger partial charge on any atom is 0.164 e. The summed E-state index contributed by atoms with van der Waals surface area (Å²) in [5.74, 6) is 5.33. The molecule has 0 fully saturated rings. The smallest absolute Gasteiger partial charge is 0.164 e.